The van der Waals surface area contributed by atoms with E-state index >= 15 is 0 Å². The summed E-state index contributed by atoms with van der Waals surface area (Å²) in [5, 5.41) is 6.01. The third kappa shape index (κ3) is 4.15. The molecule has 0 aliphatic rings. The van der Waals surface area contributed by atoms with Gasteiger partial charge in [0.15, 0.2) is 5.13 Å². The molecule has 0 bridgehead atoms. The van der Waals surface area contributed by atoms with E-state index in [2.05, 4.69) is 24.1 Å². The van der Waals surface area contributed by atoms with Crippen molar-refractivity contribution in [3.63, 3.8) is 0 Å². The van der Waals surface area contributed by atoms with Gasteiger partial charge in [-0.15, -0.1) is 11.3 Å². The lowest BCUT2D eigenvalue weighted by molar-refractivity contribution is 0.190. The first-order valence-electron chi connectivity index (χ1n) is 7.02. The second-order valence-electron chi connectivity index (χ2n) is 5.10. The Hall–Kier alpha value is -1.66. The molecule has 0 fully saturated rings. The Balaban J connectivity index is 2.21. The Morgan fingerprint density at radius 3 is 3.00 bits per heavy atom. The van der Waals surface area contributed by atoms with E-state index in [9.17, 15) is 4.79 Å². The summed E-state index contributed by atoms with van der Waals surface area (Å²) in [6.45, 7) is 5.43. The average Bonchev–Trinajstić information content (AvgIpc) is 2.88. The van der Waals surface area contributed by atoms with Crippen molar-refractivity contribution in [3.8, 4) is 11.3 Å². The fraction of sp³-hybridized carbons (Fsp3) is 0.467. The van der Waals surface area contributed by atoms with E-state index < -0.39 is 0 Å². The normalized spacial score (nSPS) is 11.0. The van der Waals surface area contributed by atoms with Gasteiger partial charge >= 0.3 is 0 Å². The predicted octanol–water partition coefficient (Wildman–Crippen LogP) is 2.83. The molecule has 0 atom stereocenters. The maximum absolute atomic E-state index is 12.5. The topological polar surface area (TPSA) is 56.1 Å². The Morgan fingerprint density at radius 1 is 1.48 bits per heavy atom. The first-order chi connectivity index (χ1) is 10.1. The highest BCUT2D eigenvalue weighted by Crippen LogP contribution is 2.23. The number of thiazole rings is 1. The zero-order valence-corrected chi connectivity index (χ0v) is 13.4. The Kier molecular flexibility index (Phi) is 5.52. The van der Waals surface area contributed by atoms with Crippen LogP contribution in [0.1, 0.15) is 20.3 Å². The number of ether oxygens (including phenoxy) is 1. The summed E-state index contributed by atoms with van der Waals surface area (Å²) in [5.74, 6) is 0. The van der Waals surface area contributed by atoms with E-state index in [1.165, 1.54) is 11.3 Å². The van der Waals surface area contributed by atoms with Gasteiger partial charge in [-0.1, -0.05) is 0 Å². The number of rotatable bonds is 7. The van der Waals surface area contributed by atoms with Gasteiger partial charge in [-0.2, -0.15) is 0 Å². The van der Waals surface area contributed by atoms with Gasteiger partial charge in [-0.05, 0) is 32.4 Å². The van der Waals surface area contributed by atoms with Gasteiger partial charge < -0.3 is 14.6 Å². The van der Waals surface area contributed by atoms with E-state index in [1.54, 1.807) is 17.9 Å². The van der Waals surface area contributed by atoms with Crippen LogP contribution in [0.4, 0.5) is 5.13 Å². The zero-order valence-electron chi connectivity index (χ0n) is 12.6. The van der Waals surface area contributed by atoms with E-state index in [-0.39, 0.29) is 5.56 Å². The minimum atomic E-state index is -0.00463. The molecule has 1 N–H and O–H groups in total. The summed E-state index contributed by atoms with van der Waals surface area (Å²) in [5.41, 5.74) is 1.37. The quantitative estimate of drug-likeness (QED) is 0.799. The molecule has 0 aromatic carbocycles. The summed E-state index contributed by atoms with van der Waals surface area (Å²) >= 11 is 1.52. The molecule has 2 aromatic heterocycles. The smallest absolute Gasteiger partial charge is 0.260 e. The summed E-state index contributed by atoms with van der Waals surface area (Å²) in [4.78, 5) is 16.9. The van der Waals surface area contributed by atoms with Crippen molar-refractivity contribution in [2.45, 2.75) is 32.9 Å². The molecule has 0 unspecified atom stereocenters. The minimum absolute atomic E-state index is 0.00463. The Morgan fingerprint density at radius 2 is 2.29 bits per heavy atom. The average molecular weight is 307 g/mol. The zero-order chi connectivity index (χ0) is 15.2. The van der Waals surface area contributed by atoms with Crippen molar-refractivity contribution in [1.82, 2.24) is 9.55 Å². The van der Waals surface area contributed by atoms with Gasteiger partial charge in [-0.3, -0.25) is 4.79 Å². The van der Waals surface area contributed by atoms with Crippen molar-refractivity contribution >= 4 is 16.5 Å². The molecule has 0 aliphatic heterocycles. The fourth-order valence-corrected chi connectivity index (χ4v) is 2.86. The maximum Gasteiger partial charge on any atom is 0.260 e. The summed E-state index contributed by atoms with van der Waals surface area (Å²) in [7, 11) is 1.66. The molecular formula is C15H21N3O2S. The number of methoxy groups -OCH3 is 1. The number of aryl methyl sites for hydroxylation is 1. The lowest BCUT2D eigenvalue weighted by Crippen LogP contribution is -2.21. The highest BCUT2D eigenvalue weighted by molar-refractivity contribution is 7.14. The summed E-state index contributed by atoms with van der Waals surface area (Å²) < 4.78 is 6.74. The molecule has 0 saturated carbocycles. The molecule has 0 spiro atoms. The van der Waals surface area contributed by atoms with E-state index in [0.717, 1.165) is 17.2 Å². The molecule has 114 valence electrons. The van der Waals surface area contributed by atoms with Crippen LogP contribution in [0.25, 0.3) is 11.3 Å². The van der Waals surface area contributed by atoms with Crippen LogP contribution in [-0.2, 0) is 11.3 Å². The number of nitrogens with one attached hydrogen (secondary N) is 1. The minimum Gasteiger partial charge on any atom is -0.385 e. The van der Waals surface area contributed by atoms with Crippen LogP contribution in [0.15, 0.2) is 28.5 Å². The van der Waals surface area contributed by atoms with Gasteiger partial charge in [0.2, 0.25) is 0 Å². The van der Waals surface area contributed by atoms with Gasteiger partial charge in [0.1, 0.15) is 0 Å². The monoisotopic (exact) mass is 307 g/mol. The SMILES string of the molecule is COCCCn1cccc(-c2csc(NC(C)C)n2)c1=O. The highest BCUT2D eigenvalue weighted by Gasteiger charge is 2.10. The van der Waals surface area contributed by atoms with E-state index in [4.69, 9.17) is 4.74 Å². The molecule has 5 nitrogen and oxygen atoms in total. The van der Waals surface area contributed by atoms with Crippen molar-refractivity contribution in [1.29, 1.82) is 0 Å². The standard InChI is InChI=1S/C15H21N3O2S/c1-11(2)16-15-17-13(10-21-15)12-6-4-7-18(14(12)19)8-5-9-20-3/h4,6-7,10-11H,5,8-9H2,1-3H3,(H,16,17). The lowest BCUT2D eigenvalue weighted by Gasteiger charge is -2.07. The van der Waals surface area contributed by atoms with E-state index in [0.29, 0.717) is 24.8 Å². The predicted molar refractivity (Wildman–Crippen MR) is 87.1 cm³/mol. The molecule has 21 heavy (non-hydrogen) atoms. The van der Waals surface area contributed by atoms with Crippen molar-refractivity contribution in [2.24, 2.45) is 0 Å². The maximum atomic E-state index is 12.5. The van der Waals surface area contributed by atoms with Crippen molar-refractivity contribution in [3.05, 3.63) is 34.1 Å². The molecule has 2 heterocycles. The number of anilines is 1. The van der Waals surface area contributed by atoms with Crippen LogP contribution in [0, 0.1) is 0 Å². The number of hydrogen-bond donors (Lipinski definition) is 1. The van der Waals surface area contributed by atoms with Gasteiger partial charge in [0, 0.05) is 37.9 Å². The highest BCUT2D eigenvalue weighted by atomic mass is 32.1. The van der Waals surface area contributed by atoms with Crippen LogP contribution in [0.2, 0.25) is 0 Å². The molecule has 0 radical (unpaired) electrons. The van der Waals surface area contributed by atoms with Crippen LogP contribution in [0.5, 0.6) is 0 Å². The van der Waals surface area contributed by atoms with E-state index in [1.807, 2.05) is 17.5 Å². The van der Waals surface area contributed by atoms with Gasteiger partial charge in [-0.25, -0.2) is 4.98 Å². The third-order valence-corrected chi connectivity index (χ3v) is 3.73. The number of aromatic nitrogens is 2. The largest absolute Gasteiger partial charge is 0.385 e. The molecular weight excluding hydrogens is 286 g/mol. The van der Waals surface area contributed by atoms with Crippen molar-refractivity contribution in [2.75, 3.05) is 19.0 Å². The third-order valence-electron chi connectivity index (χ3n) is 2.96. The molecule has 2 aromatic rings. The number of pyridine rings is 1. The summed E-state index contributed by atoms with van der Waals surface area (Å²) in [6.07, 6.45) is 2.62. The lowest BCUT2D eigenvalue weighted by atomic mass is 10.2. The van der Waals surface area contributed by atoms with Crippen LogP contribution in [0.3, 0.4) is 0 Å². The molecule has 2 rings (SSSR count). The molecule has 6 heteroatoms. The Bertz CT molecular complexity index is 634. The molecule has 0 amide bonds. The summed E-state index contributed by atoms with van der Waals surface area (Å²) in [6, 6.07) is 4.03. The number of nitrogens with zero attached hydrogens (tertiary/aromatic N) is 2. The first-order valence-corrected chi connectivity index (χ1v) is 7.90. The van der Waals surface area contributed by atoms with Crippen LogP contribution >= 0.6 is 11.3 Å². The molecule has 0 aliphatic carbocycles. The van der Waals surface area contributed by atoms with Crippen LogP contribution in [-0.4, -0.2) is 29.3 Å². The van der Waals surface area contributed by atoms with Crippen molar-refractivity contribution < 1.29 is 4.74 Å². The Labute approximate surface area is 128 Å². The van der Waals surface area contributed by atoms with Gasteiger partial charge in [0.05, 0.1) is 11.3 Å². The second kappa shape index (κ2) is 7.38. The fourth-order valence-electron chi connectivity index (χ4n) is 2.00. The molecule has 0 saturated heterocycles. The van der Waals surface area contributed by atoms with Crippen LogP contribution < -0.4 is 10.9 Å². The number of hydrogen-bond acceptors (Lipinski definition) is 5. The first kappa shape index (κ1) is 15.7. The van der Waals surface area contributed by atoms with Gasteiger partial charge in [0.25, 0.3) is 5.56 Å². The second-order valence-corrected chi connectivity index (χ2v) is 5.96.